The Labute approximate surface area is 114 Å². The minimum absolute atomic E-state index is 0.649. The van der Waals surface area contributed by atoms with Crippen LogP contribution >= 0.6 is 11.3 Å². The monoisotopic (exact) mass is 272 g/mol. The molecule has 0 aliphatic carbocycles. The zero-order valence-electron chi connectivity index (χ0n) is 10.1. The fourth-order valence-electron chi connectivity index (χ4n) is 1.62. The molecule has 0 aromatic carbocycles. The third-order valence-corrected chi connectivity index (χ3v) is 3.41. The largest absolute Gasteiger partial charge is 0.304 e. The van der Waals surface area contributed by atoms with E-state index in [0.717, 1.165) is 22.2 Å². The van der Waals surface area contributed by atoms with Crippen molar-refractivity contribution >= 4 is 11.3 Å². The van der Waals surface area contributed by atoms with Crippen LogP contribution in [0.15, 0.2) is 36.1 Å². The molecule has 19 heavy (non-hydrogen) atoms. The molecule has 3 aromatic rings. The second-order valence-corrected chi connectivity index (χ2v) is 4.75. The summed E-state index contributed by atoms with van der Waals surface area (Å²) in [5, 5.41) is 12.8. The quantitative estimate of drug-likeness (QED) is 0.737. The lowest BCUT2D eigenvalue weighted by atomic mass is 10.3. The van der Waals surface area contributed by atoms with Crippen LogP contribution in [0.4, 0.5) is 0 Å². The second-order valence-electron chi connectivity index (χ2n) is 3.89. The van der Waals surface area contributed by atoms with Crippen LogP contribution in [0.3, 0.4) is 0 Å². The van der Waals surface area contributed by atoms with Gasteiger partial charge in [-0.15, -0.1) is 11.3 Å². The molecule has 0 bridgehead atoms. The average molecular weight is 272 g/mol. The predicted octanol–water partition coefficient (Wildman–Crippen LogP) is 1.61. The maximum absolute atomic E-state index is 4.55. The molecule has 0 spiro atoms. The fraction of sp³-hybridized carbons (Fsp3) is 0.167. The summed E-state index contributed by atoms with van der Waals surface area (Å²) >= 11 is 1.60. The van der Waals surface area contributed by atoms with Crippen molar-refractivity contribution < 1.29 is 0 Å². The van der Waals surface area contributed by atoms with Gasteiger partial charge in [0.2, 0.25) is 0 Å². The van der Waals surface area contributed by atoms with Gasteiger partial charge in [0.15, 0.2) is 0 Å². The van der Waals surface area contributed by atoms with E-state index in [4.69, 9.17) is 0 Å². The Kier molecular flexibility index (Phi) is 3.57. The third kappa shape index (κ3) is 3.01. The zero-order chi connectivity index (χ0) is 12.9. The van der Waals surface area contributed by atoms with Crippen LogP contribution in [0.5, 0.6) is 0 Å². The second kappa shape index (κ2) is 5.68. The molecule has 0 atom stereocenters. The number of aromatic amines is 1. The van der Waals surface area contributed by atoms with Crippen LogP contribution in [0, 0.1) is 0 Å². The van der Waals surface area contributed by atoms with E-state index in [1.165, 1.54) is 6.33 Å². The lowest BCUT2D eigenvalue weighted by Gasteiger charge is -1.98. The minimum Gasteiger partial charge on any atom is -0.304 e. The van der Waals surface area contributed by atoms with Gasteiger partial charge in [-0.1, -0.05) is 6.07 Å². The van der Waals surface area contributed by atoms with Crippen LogP contribution in [0.1, 0.15) is 11.5 Å². The summed E-state index contributed by atoms with van der Waals surface area (Å²) in [5.74, 6) is 0.820. The lowest BCUT2D eigenvalue weighted by molar-refractivity contribution is 0.656. The van der Waals surface area contributed by atoms with E-state index in [1.807, 2.05) is 23.6 Å². The van der Waals surface area contributed by atoms with Crippen molar-refractivity contribution in [2.75, 3.05) is 0 Å². The normalized spacial score (nSPS) is 10.7. The smallest absolute Gasteiger partial charge is 0.142 e. The van der Waals surface area contributed by atoms with Crippen LogP contribution in [-0.2, 0) is 13.1 Å². The summed E-state index contributed by atoms with van der Waals surface area (Å²) in [7, 11) is 0. The maximum atomic E-state index is 4.55. The van der Waals surface area contributed by atoms with E-state index in [0.29, 0.717) is 13.1 Å². The van der Waals surface area contributed by atoms with Gasteiger partial charge in [-0.05, 0) is 12.1 Å². The van der Waals surface area contributed by atoms with E-state index >= 15 is 0 Å². The molecule has 96 valence electrons. The Balaban J connectivity index is 1.59. The first-order valence-electron chi connectivity index (χ1n) is 5.82. The molecule has 0 aliphatic rings. The van der Waals surface area contributed by atoms with Crippen molar-refractivity contribution in [3.8, 4) is 10.7 Å². The van der Waals surface area contributed by atoms with Crippen molar-refractivity contribution in [2.45, 2.75) is 13.1 Å². The number of hydrogen-bond acceptors (Lipinski definition) is 6. The minimum atomic E-state index is 0.649. The highest BCUT2D eigenvalue weighted by atomic mass is 32.1. The number of aromatic nitrogens is 5. The van der Waals surface area contributed by atoms with E-state index in [1.54, 1.807) is 17.5 Å². The van der Waals surface area contributed by atoms with Gasteiger partial charge in [-0.25, -0.2) is 9.97 Å². The summed E-state index contributed by atoms with van der Waals surface area (Å²) in [4.78, 5) is 12.9. The molecule has 0 fully saturated rings. The Hall–Kier alpha value is -2.12. The number of nitrogens with one attached hydrogen (secondary N) is 2. The average Bonchev–Trinajstić information content (AvgIpc) is 3.11. The molecular weight excluding hydrogens is 260 g/mol. The zero-order valence-corrected chi connectivity index (χ0v) is 10.9. The summed E-state index contributed by atoms with van der Waals surface area (Å²) < 4.78 is 0. The molecule has 2 N–H and O–H groups in total. The Bertz CT molecular complexity index is 619. The van der Waals surface area contributed by atoms with Gasteiger partial charge in [-0.2, -0.15) is 5.10 Å². The van der Waals surface area contributed by atoms with E-state index in [9.17, 15) is 0 Å². The molecule has 0 amide bonds. The van der Waals surface area contributed by atoms with Gasteiger partial charge in [0.25, 0.3) is 0 Å². The highest BCUT2D eigenvalue weighted by Gasteiger charge is 2.05. The van der Waals surface area contributed by atoms with Crippen molar-refractivity contribution in [1.82, 2.24) is 30.5 Å². The molecule has 0 radical (unpaired) electrons. The van der Waals surface area contributed by atoms with Gasteiger partial charge >= 0.3 is 0 Å². The molecule has 3 rings (SSSR count). The van der Waals surface area contributed by atoms with E-state index < -0.39 is 0 Å². The Morgan fingerprint density at radius 1 is 1.21 bits per heavy atom. The summed E-state index contributed by atoms with van der Waals surface area (Å²) in [6, 6.07) is 5.83. The van der Waals surface area contributed by atoms with Gasteiger partial charge in [0, 0.05) is 18.1 Å². The molecule has 0 aliphatic heterocycles. The fourth-order valence-corrected chi connectivity index (χ4v) is 2.42. The van der Waals surface area contributed by atoms with Crippen LogP contribution < -0.4 is 5.32 Å². The van der Waals surface area contributed by atoms with Crippen LogP contribution in [0.25, 0.3) is 10.7 Å². The number of rotatable bonds is 5. The number of nitrogens with zero attached hydrogens (tertiary/aromatic N) is 4. The summed E-state index contributed by atoms with van der Waals surface area (Å²) in [6.07, 6.45) is 3.28. The molecule has 6 nitrogen and oxygen atoms in total. The maximum Gasteiger partial charge on any atom is 0.142 e. The molecule has 3 aromatic heterocycles. The highest BCUT2D eigenvalue weighted by Crippen LogP contribution is 2.21. The molecule has 0 saturated carbocycles. The first kappa shape index (κ1) is 11.9. The third-order valence-electron chi connectivity index (χ3n) is 2.50. The molecule has 7 heteroatoms. The van der Waals surface area contributed by atoms with Gasteiger partial charge in [-0.3, -0.25) is 10.1 Å². The van der Waals surface area contributed by atoms with E-state index in [-0.39, 0.29) is 0 Å². The first-order chi connectivity index (χ1) is 9.42. The van der Waals surface area contributed by atoms with E-state index in [2.05, 4.69) is 30.5 Å². The number of thiazole rings is 1. The van der Waals surface area contributed by atoms with Crippen LogP contribution in [0.2, 0.25) is 0 Å². The van der Waals surface area contributed by atoms with Crippen LogP contribution in [-0.4, -0.2) is 25.1 Å². The Morgan fingerprint density at radius 2 is 2.21 bits per heavy atom. The number of pyridine rings is 1. The van der Waals surface area contributed by atoms with Crippen molar-refractivity contribution in [2.24, 2.45) is 0 Å². The topological polar surface area (TPSA) is 79.4 Å². The Morgan fingerprint density at radius 3 is 3.00 bits per heavy atom. The number of H-pyrrole nitrogens is 1. The standard InChI is InChI=1S/C12H12N6S/c1-2-4-14-10(3-1)12-17-9(7-19-12)5-13-6-11-15-8-16-18-11/h1-4,7-8,13H,5-6H2,(H,15,16,18). The van der Waals surface area contributed by atoms with Crippen molar-refractivity contribution in [3.05, 3.63) is 47.6 Å². The molecule has 0 unspecified atom stereocenters. The molecule has 3 heterocycles. The van der Waals surface area contributed by atoms with Gasteiger partial charge in [0.05, 0.1) is 17.9 Å². The number of hydrogen-bond donors (Lipinski definition) is 2. The summed E-state index contributed by atoms with van der Waals surface area (Å²) in [6.45, 7) is 1.35. The first-order valence-corrected chi connectivity index (χ1v) is 6.70. The highest BCUT2D eigenvalue weighted by molar-refractivity contribution is 7.13. The molecule has 0 saturated heterocycles. The SMILES string of the molecule is c1ccc(-c2nc(CNCc3ncn[nH]3)cs2)nc1. The summed E-state index contributed by atoms with van der Waals surface area (Å²) in [5.41, 5.74) is 1.92. The van der Waals surface area contributed by atoms with Crippen molar-refractivity contribution in [1.29, 1.82) is 0 Å². The van der Waals surface area contributed by atoms with Crippen molar-refractivity contribution in [3.63, 3.8) is 0 Å². The lowest BCUT2D eigenvalue weighted by Crippen LogP contribution is -2.13. The van der Waals surface area contributed by atoms with Gasteiger partial charge < -0.3 is 5.32 Å². The predicted molar refractivity (Wildman–Crippen MR) is 72.3 cm³/mol. The van der Waals surface area contributed by atoms with Gasteiger partial charge in [0.1, 0.15) is 17.2 Å². The molecular formula is C12H12N6S.